The average molecular weight is 301 g/mol. The van der Waals surface area contributed by atoms with E-state index in [9.17, 15) is 10.2 Å². The molecule has 0 aromatic rings. The van der Waals surface area contributed by atoms with E-state index in [1.807, 2.05) is 0 Å². The van der Waals surface area contributed by atoms with Crippen LogP contribution in [0, 0.1) is 11.8 Å². The normalized spacial score (nSPS) is 17.4. The van der Waals surface area contributed by atoms with Crippen molar-refractivity contribution in [2.24, 2.45) is 11.8 Å². The average Bonchev–Trinajstić information content (AvgIpc) is 2.48. The lowest BCUT2D eigenvalue weighted by Crippen LogP contribution is -2.35. The van der Waals surface area contributed by atoms with Crippen LogP contribution in [-0.2, 0) is 0 Å². The van der Waals surface area contributed by atoms with Crippen molar-refractivity contribution in [1.29, 1.82) is 0 Å². The minimum atomic E-state index is -0.655. The molecule has 0 aromatic carbocycles. The summed E-state index contributed by atoms with van der Waals surface area (Å²) in [6, 6.07) is 0. The van der Waals surface area contributed by atoms with Crippen molar-refractivity contribution in [2.75, 3.05) is 6.61 Å². The molecule has 2 heteroatoms. The van der Waals surface area contributed by atoms with Gasteiger partial charge < -0.3 is 10.2 Å². The van der Waals surface area contributed by atoms with Crippen LogP contribution < -0.4 is 0 Å². The number of unbranched alkanes of at least 4 members (excludes halogenated alkanes) is 2. The summed E-state index contributed by atoms with van der Waals surface area (Å²) in [5.41, 5.74) is -0.655. The molecule has 2 atom stereocenters. The fraction of sp³-hybridized carbons (Fsp3) is 1.00. The fourth-order valence-corrected chi connectivity index (χ4v) is 3.46. The second kappa shape index (κ2) is 12.5. The minimum absolute atomic E-state index is 0.102. The van der Waals surface area contributed by atoms with Crippen LogP contribution in [0.1, 0.15) is 98.3 Å². The zero-order valence-electron chi connectivity index (χ0n) is 15.0. The summed E-state index contributed by atoms with van der Waals surface area (Å²) in [7, 11) is 0. The lowest BCUT2D eigenvalue weighted by Gasteiger charge is -2.34. The number of rotatable bonds is 14. The SMILES string of the molecule is CCCCC(CC)CC(O)(CCO)CC(CC)CCCC. The summed E-state index contributed by atoms with van der Waals surface area (Å²) in [6.45, 7) is 9.02. The third kappa shape index (κ3) is 9.52. The molecule has 128 valence electrons. The van der Waals surface area contributed by atoms with Crippen molar-refractivity contribution >= 4 is 0 Å². The second-order valence-corrected chi connectivity index (χ2v) is 6.94. The predicted octanol–water partition coefficient (Wildman–Crippen LogP) is 5.31. The lowest BCUT2D eigenvalue weighted by molar-refractivity contribution is -0.0292. The Balaban J connectivity index is 4.62. The highest BCUT2D eigenvalue weighted by Crippen LogP contribution is 2.34. The summed E-state index contributed by atoms with van der Waals surface area (Å²) in [6.07, 6.45) is 11.9. The molecule has 0 aliphatic heterocycles. The summed E-state index contributed by atoms with van der Waals surface area (Å²) in [5.74, 6) is 1.20. The first-order valence-corrected chi connectivity index (χ1v) is 9.38. The zero-order chi connectivity index (χ0) is 16.1. The van der Waals surface area contributed by atoms with Crippen LogP contribution in [0.2, 0.25) is 0 Å². The molecule has 0 spiro atoms. The van der Waals surface area contributed by atoms with Crippen molar-refractivity contribution in [3.8, 4) is 0 Å². The van der Waals surface area contributed by atoms with E-state index >= 15 is 0 Å². The van der Waals surface area contributed by atoms with E-state index in [1.54, 1.807) is 0 Å². The Hall–Kier alpha value is -0.0800. The van der Waals surface area contributed by atoms with Crippen molar-refractivity contribution in [2.45, 2.75) is 104 Å². The number of aliphatic hydroxyl groups is 2. The number of aliphatic hydroxyl groups excluding tert-OH is 1. The molecule has 2 N–H and O–H groups in total. The Morgan fingerprint density at radius 3 is 1.52 bits per heavy atom. The summed E-state index contributed by atoms with van der Waals surface area (Å²) in [5, 5.41) is 20.4. The Kier molecular flexibility index (Phi) is 12.4. The van der Waals surface area contributed by atoms with Gasteiger partial charge in [-0.3, -0.25) is 0 Å². The van der Waals surface area contributed by atoms with Gasteiger partial charge in [-0.25, -0.2) is 0 Å². The van der Waals surface area contributed by atoms with Gasteiger partial charge in [0.15, 0.2) is 0 Å². The second-order valence-electron chi connectivity index (χ2n) is 6.94. The van der Waals surface area contributed by atoms with E-state index in [1.165, 1.54) is 38.5 Å². The van der Waals surface area contributed by atoms with Crippen LogP contribution in [0.4, 0.5) is 0 Å². The smallest absolute Gasteiger partial charge is 0.0674 e. The Bertz CT molecular complexity index is 210. The molecule has 0 aromatic heterocycles. The molecule has 21 heavy (non-hydrogen) atoms. The van der Waals surface area contributed by atoms with Gasteiger partial charge in [0.25, 0.3) is 0 Å². The van der Waals surface area contributed by atoms with Gasteiger partial charge in [0.2, 0.25) is 0 Å². The maximum absolute atomic E-state index is 11.1. The highest BCUT2D eigenvalue weighted by Gasteiger charge is 2.31. The molecule has 0 radical (unpaired) electrons. The van der Waals surface area contributed by atoms with Gasteiger partial charge in [0.05, 0.1) is 5.60 Å². The monoisotopic (exact) mass is 300 g/mol. The zero-order valence-corrected chi connectivity index (χ0v) is 15.0. The molecule has 0 fully saturated rings. The van der Waals surface area contributed by atoms with Crippen LogP contribution in [0.5, 0.6) is 0 Å². The first-order chi connectivity index (χ1) is 10.0. The van der Waals surface area contributed by atoms with Crippen LogP contribution in [0.15, 0.2) is 0 Å². The first kappa shape index (κ1) is 20.9. The number of hydrogen-bond donors (Lipinski definition) is 2. The van der Waals surface area contributed by atoms with Gasteiger partial charge in [-0.1, -0.05) is 79.1 Å². The van der Waals surface area contributed by atoms with Gasteiger partial charge >= 0.3 is 0 Å². The molecule has 0 amide bonds. The lowest BCUT2D eigenvalue weighted by atomic mass is 9.77. The minimum Gasteiger partial charge on any atom is -0.396 e. The summed E-state index contributed by atoms with van der Waals surface area (Å²) in [4.78, 5) is 0. The largest absolute Gasteiger partial charge is 0.396 e. The molecular formula is C19H40O2. The fourth-order valence-electron chi connectivity index (χ4n) is 3.46. The Morgan fingerprint density at radius 1 is 0.810 bits per heavy atom. The van der Waals surface area contributed by atoms with Crippen LogP contribution in [0.3, 0.4) is 0 Å². The molecule has 0 saturated carbocycles. The van der Waals surface area contributed by atoms with Crippen molar-refractivity contribution in [3.05, 3.63) is 0 Å². The summed E-state index contributed by atoms with van der Waals surface area (Å²) >= 11 is 0. The van der Waals surface area contributed by atoms with E-state index < -0.39 is 5.60 Å². The highest BCUT2D eigenvalue weighted by molar-refractivity contribution is 4.84. The predicted molar refractivity (Wildman–Crippen MR) is 92.5 cm³/mol. The maximum Gasteiger partial charge on any atom is 0.0674 e. The maximum atomic E-state index is 11.1. The molecule has 0 aliphatic carbocycles. The van der Waals surface area contributed by atoms with Gasteiger partial charge in [0, 0.05) is 6.61 Å². The quantitative estimate of drug-likeness (QED) is 0.456. The van der Waals surface area contributed by atoms with Crippen molar-refractivity contribution in [1.82, 2.24) is 0 Å². The third-order valence-electron chi connectivity index (χ3n) is 5.00. The van der Waals surface area contributed by atoms with Crippen molar-refractivity contribution < 1.29 is 10.2 Å². The molecule has 0 heterocycles. The van der Waals surface area contributed by atoms with E-state index in [0.717, 1.165) is 25.7 Å². The van der Waals surface area contributed by atoms with Crippen LogP contribution in [0.25, 0.3) is 0 Å². The molecule has 0 saturated heterocycles. The highest BCUT2D eigenvalue weighted by atomic mass is 16.3. The van der Waals surface area contributed by atoms with E-state index in [-0.39, 0.29) is 6.61 Å². The van der Waals surface area contributed by atoms with E-state index in [2.05, 4.69) is 27.7 Å². The molecular weight excluding hydrogens is 260 g/mol. The van der Waals surface area contributed by atoms with E-state index in [4.69, 9.17) is 0 Å². The third-order valence-corrected chi connectivity index (χ3v) is 5.00. The van der Waals surface area contributed by atoms with Crippen LogP contribution >= 0.6 is 0 Å². The van der Waals surface area contributed by atoms with Crippen LogP contribution in [-0.4, -0.2) is 22.4 Å². The molecule has 2 unspecified atom stereocenters. The topological polar surface area (TPSA) is 40.5 Å². The van der Waals surface area contributed by atoms with Gasteiger partial charge in [-0.2, -0.15) is 0 Å². The van der Waals surface area contributed by atoms with Crippen molar-refractivity contribution in [3.63, 3.8) is 0 Å². The number of hydrogen-bond acceptors (Lipinski definition) is 2. The molecule has 0 rings (SSSR count). The molecule has 0 bridgehead atoms. The standard InChI is InChI=1S/C19H40O2/c1-5-9-11-17(7-3)15-19(21,13-14-20)16-18(8-4)12-10-6-2/h17-18,20-21H,5-16H2,1-4H3. The molecule has 2 nitrogen and oxygen atoms in total. The van der Waals surface area contributed by atoms with E-state index in [0.29, 0.717) is 18.3 Å². The Labute approximate surface area is 133 Å². The summed E-state index contributed by atoms with van der Waals surface area (Å²) < 4.78 is 0. The van der Waals surface area contributed by atoms with Gasteiger partial charge in [-0.15, -0.1) is 0 Å². The van der Waals surface area contributed by atoms with Gasteiger partial charge in [0.1, 0.15) is 0 Å². The molecule has 0 aliphatic rings. The first-order valence-electron chi connectivity index (χ1n) is 9.38. The Morgan fingerprint density at radius 2 is 1.24 bits per heavy atom. The van der Waals surface area contributed by atoms with Gasteiger partial charge in [-0.05, 0) is 31.1 Å².